The largest absolute Gasteiger partial charge is 0.493 e. The molecule has 0 aliphatic carbocycles. The number of methoxy groups -OCH3 is 3. The van der Waals surface area contributed by atoms with Crippen molar-refractivity contribution >= 4 is 12.0 Å². The summed E-state index contributed by atoms with van der Waals surface area (Å²) in [5.74, 6) is 1.64. The number of hydrogen-bond donors (Lipinski definition) is 2. The summed E-state index contributed by atoms with van der Waals surface area (Å²) in [5, 5.41) is 8.80. The molecule has 2 rings (SSSR count). The minimum absolute atomic E-state index is 0.245. The zero-order valence-corrected chi connectivity index (χ0v) is 19.4. The summed E-state index contributed by atoms with van der Waals surface area (Å²) in [4.78, 5) is 11.5. The van der Waals surface area contributed by atoms with Crippen molar-refractivity contribution in [3.8, 4) is 23.0 Å². The van der Waals surface area contributed by atoms with E-state index in [2.05, 4.69) is 6.08 Å². The molecule has 0 atom stereocenters. The summed E-state index contributed by atoms with van der Waals surface area (Å²) in [6.07, 6.45) is 5.68. The third-order valence-corrected chi connectivity index (χ3v) is 4.87. The van der Waals surface area contributed by atoms with Gasteiger partial charge in [0, 0.05) is 17.2 Å². The molecule has 0 saturated carbocycles. The van der Waals surface area contributed by atoms with Crippen molar-refractivity contribution in [2.45, 2.75) is 33.8 Å². The average molecular weight is 442 g/mol. The average Bonchev–Trinajstić information content (AvgIpc) is 2.79. The Balaban J connectivity index is 2.48. The van der Waals surface area contributed by atoms with Crippen LogP contribution in [-0.2, 0) is 17.8 Å². The number of rotatable bonds is 10. The van der Waals surface area contributed by atoms with Gasteiger partial charge < -0.3 is 18.9 Å². The first-order chi connectivity index (χ1) is 15.3. The zero-order valence-electron chi connectivity index (χ0n) is 19.4. The number of hydrogen-bond acceptors (Lipinski definition) is 6. The first-order valence-electron chi connectivity index (χ1n) is 10.1. The molecule has 0 spiro atoms. The first-order valence-corrected chi connectivity index (χ1v) is 10.1. The van der Waals surface area contributed by atoms with Gasteiger partial charge in [0.25, 0.3) is 5.91 Å². The van der Waals surface area contributed by atoms with Gasteiger partial charge in [0.15, 0.2) is 11.5 Å². The Bertz CT molecular complexity index is 981. The fraction of sp³-hybridized carbons (Fsp3) is 0.320. The lowest BCUT2D eigenvalue weighted by atomic mass is 9.99. The highest BCUT2D eigenvalue weighted by Gasteiger charge is 2.16. The van der Waals surface area contributed by atoms with Gasteiger partial charge in [-0.05, 0) is 56.5 Å². The van der Waals surface area contributed by atoms with Crippen LogP contribution in [0.3, 0.4) is 0 Å². The maximum Gasteiger partial charge on any atom is 0.267 e. The summed E-state index contributed by atoms with van der Waals surface area (Å²) < 4.78 is 22.5. The third-order valence-electron chi connectivity index (χ3n) is 4.87. The van der Waals surface area contributed by atoms with Crippen molar-refractivity contribution in [2.24, 2.45) is 0 Å². The minimum Gasteiger partial charge on any atom is -0.493 e. The Morgan fingerprint density at radius 3 is 2.22 bits per heavy atom. The standard InChI is InChI=1S/C25H31NO6/c1-16(2)7-11-20-17(3)8-9-19(10-12-23(27)26-28)24(20)32-15-18-13-21(29-4)25(31-6)22(14-18)30-5/h7-10,12-14,28H,11,15H2,1-6H3,(H,26,27)/b12-10+. The number of nitrogens with one attached hydrogen (secondary N) is 1. The highest BCUT2D eigenvalue weighted by atomic mass is 16.5. The predicted octanol–water partition coefficient (Wildman–Crippen LogP) is 4.63. The molecule has 2 N–H and O–H groups in total. The minimum atomic E-state index is -0.619. The van der Waals surface area contributed by atoms with Gasteiger partial charge in [-0.2, -0.15) is 0 Å². The molecule has 7 heteroatoms. The van der Waals surface area contributed by atoms with Crippen LogP contribution >= 0.6 is 0 Å². The van der Waals surface area contributed by atoms with Crippen LogP contribution in [-0.4, -0.2) is 32.4 Å². The number of hydroxylamine groups is 1. The van der Waals surface area contributed by atoms with Crippen molar-refractivity contribution in [2.75, 3.05) is 21.3 Å². The van der Waals surface area contributed by atoms with Crippen molar-refractivity contribution in [1.82, 2.24) is 5.48 Å². The topological polar surface area (TPSA) is 86.3 Å². The Labute approximate surface area is 189 Å². The Hall–Kier alpha value is -3.45. The Morgan fingerprint density at radius 2 is 1.69 bits per heavy atom. The molecule has 32 heavy (non-hydrogen) atoms. The summed E-state index contributed by atoms with van der Waals surface area (Å²) in [6.45, 7) is 6.35. The summed E-state index contributed by atoms with van der Waals surface area (Å²) in [5.41, 5.74) is 6.44. The van der Waals surface area contributed by atoms with Gasteiger partial charge in [-0.15, -0.1) is 0 Å². The van der Waals surface area contributed by atoms with Gasteiger partial charge in [-0.1, -0.05) is 23.8 Å². The Kier molecular flexibility index (Phi) is 9.16. The number of ether oxygens (including phenoxy) is 4. The van der Waals surface area contributed by atoms with Crippen LogP contribution in [0.1, 0.15) is 36.1 Å². The Morgan fingerprint density at radius 1 is 1.03 bits per heavy atom. The van der Waals surface area contributed by atoms with Gasteiger partial charge in [-0.25, -0.2) is 5.48 Å². The van der Waals surface area contributed by atoms with E-state index in [-0.39, 0.29) is 6.61 Å². The van der Waals surface area contributed by atoms with Crippen LogP contribution in [0.2, 0.25) is 0 Å². The van der Waals surface area contributed by atoms with E-state index in [1.54, 1.807) is 32.9 Å². The van der Waals surface area contributed by atoms with E-state index in [0.717, 1.165) is 22.3 Å². The second-order valence-electron chi connectivity index (χ2n) is 7.40. The second-order valence-corrected chi connectivity index (χ2v) is 7.40. The van der Waals surface area contributed by atoms with Crippen molar-refractivity contribution in [1.29, 1.82) is 0 Å². The number of benzene rings is 2. The molecule has 0 aromatic heterocycles. The smallest absolute Gasteiger partial charge is 0.267 e. The lowest BCUT2D eigenvalue weighted by Crippen LogP contribution is -2.14. The molecule has 0 heterocycles. The van der Waals surface area contributed by atoms with Crippen LogP contribution in [0.15, 0.2) is 42.0 Å². The molecule has 172 valence electrons. The molecule has 7 nitrogen and oxygen atoms in total. The number of aryl methyl sites for hydroxylation is 1. The lowest BCUT2D eigenvalue weighted by Gasteiger charge is -2.18. The zero-order chi connectivity index (χ0) is 23.7. The summed E-state index contributed by atoms with van der Waals surface area (Å²) in [7, 11) is 4.68. The van der Waals surface area contributed by atoms with Gasteiger partial charge in [0.1, 0.15) is 12.4 Å². The van der Waals surface area contributed by atoms with Crippen molar-refractivity contribution < 1.29 is 28.9 Å². The van der Waals surface area contributed by atoms with Gasteiger partial charge in [0.2, 0.25) is 5.75 Å². The molecular weight excluding hydrogens is 410 g/mol. The molecule has 0 saturated heterocycles. The molecule has 0 bridgehead atoms. The highest BCUT2D eigenvalue weighted by molar-refractivity contribution is 5.91. The van der Waals surface area contributed by atoms with Crippen LogP contribution in [0.5, 0.6) is 23.0 Å². The van der Waals surface area contributed by atoms with Gasteiger partial charge in [-0.3, -0.25) is 10.0 Å². The van der Waals surface area contributed by atoms with E-state index in [1.807, 2.05) is 45.0 Å². The van der Waals surface area contributed by atoms with Crippen LogP contribution < -0.4 is 24.4 Å². The number of carbonyl (C=O) groups is 1. The van der Waals surface area contributed by atoms with Gasteiger partial charge in [0.05, 0.1) is 21.3 Å². The molecule has 0 aliphatic rings. The third kappa shape index (κ3) is 6.28. The molecule has 0 aliphatic heterocycles. The van der Waals surface area contributed by atoms with Crippen LogP contribution in [0.25, 0.3) is 6.08 Å². The van der Waals surface area contributed by atoms with Crippen LogP contribution in [0, 0.1) is 6.92 Å². The lowest BCUT2D eigenvalue weighted by molar-refractivity contribution is -0.124. The maximum atomic E-state index is 11.5. The predicted molar refractivity (Wildman–Crippen MR) is 124 cm³/mol. The first kappa shape index (κ1) is 24.8. The van der Waals surface area contributed by atoms with E-state index >= 15 is 0 Å². The second kappa shape index (κ2) is 11.8. The normalized spacial score (nSPS) is 10.6. The fourth-order valence-electron chi connectivity index (χ4n) is 3.18. The van der Waals surface area contributed by atoms with Crippen LogP contribution in [0.4, 0.5) is 0 Å². The quantitative estimate of drug-likeness (QED) is 0.242. The van der Waals surface area contributed by atoms with Gasteiger partial charge >= 0.3 is 0 Å². The van der Waals surface area contributed by atoms with Crippen molar-refractivity contribution in [3.05, 3.63) is 64.2 Å². The molecule has 0 fully saturated rings. The van der Waals surface area contributed by atoms with E-state index in [4.69, 9.17) is 24.2 Å². The SMILES string of the molecule is COc1cc(COc2c(/C=C/C(=O)NO)ccc(C)c2CC=C(C)C)cc(OC)c1OC. The molecule has 2 aromatic rings. The van der Waals surface area contributed by atoms with Crippen molar-refractivity contribution in [3.63, 3.8) is 0 Å². The molecule has 1 amide bonds. The summed E-state index contributed by atoms with van der Waals surface area (Å²) in [6, 6.07) is 7.54. The van der Waals surface area contributed by atoms with E-state index < -0.39 is 5.91 Å². The summed E-state index contributed by atoms with van der Waals surface area (Å²) >= 11 is 0. The maximum absolute atomic E-state index is 11.5. The number of carbonyl (C=O) groups excluding carboxylic acids is 1. The van der Waals surface area contributed by atoms with E-state index in [9.17, 15) is 4.79 Å². The molecule has 2 aromatic carbocycles. The highest BCUT2D eigenvalue weighted by Crippen LogP contribution is 2.39. The molecule has 0 radical (unpaired) electrons. The molecular formula is C25H31NO6. The van der Waals surface area contributed by atoms with E-state index in [1.165, 1.54) is 11.6 Å². The fourth-order valence-corrected chi connectivity index (χ4v) is 3.18. The monoisotopic (exact) mass is 441 g/mol. The number of amides is 1. The van der Waals surface area contributed by atoms with E-state index in [0.29, 0.717) is 29.4 Å². The molecule has 0 unspecified atom stereocenters. The number of allylic oxidation sites excluding steroid dienone is 2.